The maximum absolute atomic E-state index is 6.15. The molecule has 7 N–H and O–H groups in total. The van der Waals surface area contributed by atoms with E-state index in [0.717, 1.165) is 23.0 Å². The summed E-state index contributed by atoms with van der Waals surface area (Å²) in [6.07, 6.45) is 17.3. The molecule has 0 atom stereocenters. The van der Waals surface area contributed by atoms with Gasteiger partial charge >= 0.3 is 0 Å². The highest BCUT2D eigenvalue weighted by Gasteiger charge is 2.14. The van der Waals surface area contributed by atoms with Crippen LogP contribution >= 0.6 is 69.6 Å². The second-order valence-electron chi connectivity index (χ2n) is 14.4. The molecule has 0 spiro atoms. The molecular weight excluding hydrogens is 955 g/mol. The first-order valence-electron chi connectivity index (χ1n) is 20.6. The van der Waals surface area contributed by atoms with Crippen molar-refractivity contribution in [2.24, 2.45) is 5.73 Å². The zero-order valence-corrected chi connectivity index (χ0v) is 40.8. The van der Waals surface area contributed by atoms with Crippen LogP contribution < -0.4 is 41.6 Å². The van der Waals surface area contributed by atoms with Gasteiger partial charge < -0.3 is 41.6 Å². The molecule has 2 aliphatic rings. The minimum atomic E-state index is 0.366. The van der Waals surface area contributed by atoms with Gasteiger partial charge in [-0.3, -0.25) is 0 Å². The van der Waals surface area contributed by atoms with Gasteiger partial charge in [0.1, 0.15) is 69.1 Å². The summed E-state index contributed by atoms with van der Waals surface area (Å²) in [5.74, 6) is 4.12. The number of rotatable bonds is 9. The van der Waals surface area contributed by atoms with E-state index in [4.69, 9.17) is 95.3 Å². The molecule has 0 bridgehead atoms. The normalized spacial score (nSPS) is 13.3. The van der Waals surface area contributed by atoms with Crippen LogP contribution in [-0.2, 0) is 0 Å². The lowest BCUT2D eigenvalue weighted by atomic mass is 9.95. The van der Waals surface area contributed by atoms with E-state index in [1.54, 1.807) is 64.1 Å². The Bertz CT molecular complexity index is 2320. The van der Waals surface area contributed by atoms with E-state index >= 15 is 0 Å². The van der Waals surface area contributed by atoms with Crippen molar-refractivity contribution in [1.82, 2.24) is 29.9 Å². The molecule has 2 fully saturated rings. The van der Waals surface area contributed by atoms with E-state index in [0.29, 0.717) is 71.4 Å². The third-order valence-corrected chi connectivity index (χ3v) is 11.0. The van der Waals surface area contributed by atoms with Crippen molar-refractivity contribution in [3.8, 4) is 17.2 Å². The van der Waals surface area contributed by atoms with Gasteiger partial charge in [0.05, 0.1) is 36.4 Å². The van der Waals surface area contributed by atoms with Gasteiger partial charge in [-0.15, -0.1) is 0 Å². The predicted octanol–water partition coefficient (Wildman–Crippen LogP) is 13.2. The number of anilines is 6. The summed E-state index contributed by atoms with van der Waals surface area (Å²) >= 11 is 34.4. The van der Waals surface area contributed by atoms with E-state index in [1.807, 2.05) is 30.3 Å². The maximum Gasteiger partial charge on any atom is 0.137 e. The van der Waals surface area contributed by atoms with Gasteiger partial charge in [0, 0.05) is 47.3 Å². The Morgan fingerprint density at radius 2 is 0.892 bits per heavy atom. The topological polar surface area (TPSA) is 193 Å². The summed E-state index contributed by atoms with van der Waals surface area (Å²) in [6.45, 7) is 0. The summed E-state index contributed by atoms with van der Waals surface area (Å²) in [6, 6.07) is 22.1. The van der Waals surface area contributed by atoms with Crippen LogP contribution in [0.3, 0.4) is 0 Å². The smallest absolute Gasteiger partial charge is 0.137 e. The molecule has 6 aromatic rings. The number of nitrogens with one attached hydrogen (secondary N) is 3. The fourth-order valence-corrected chi connectivity index (χ4v) is 7.55. The van der Waals surface area contributed by atoms with Gasteiger partial charge in [-0.05, 0) is 80.3 Å². The summed E-state index contributed by atoms with van der Waals surface area (Å²) in [4.78, 5) is 23.6. The van der Waals surface area contributed by atoms with Crippen molar-refractivity contribution in [1.29, 1.82) is 0 Å². The molecule has 2 aliphatic carbocycles. The van der Waals surface area contributed by atoms with Gasteiger partial charge in [0.15, 0.2) is 0 Å². The highest BCUT2D eigenvalue weighted by molar-refractivity contribution is 6.33. The van der Waals surface area contributed by atoms with Gasteiger partial charge in [-0.1, -0.05) is 108 Å². The van der Waals surface area contributed by atoms with Crippen LogP contribution in [0, 0.1) is 0 Å². The molecule has 0 saturated heterocycles. The Hall–Kier alpha value is -4.80. The molecule has 65 heavy (non-hydrogen) atoms. The van der Waals surface area contributed by atoms with Gasteiger partial charge in [-0.2, -0.15) is 0 Å². The SMILES string of the molecule is COc1ccc(N)cc1Cl.COc1ccc(Nc2cc(Cl)ncn2)cc1Cl.COc1ccc(Nc2cc(NC3CCCCC3)ncn2)cc1Cl.Clc1cc(Cl)ncn1.NC1CCCCC1. The third-order valence-electron chi connectivity index (χ3n) is 9.53. The number of halogens is 6. The van der Waals surface area contributed by atoms with Crippen LogP contribution in [0.1, 0.15) is 64.2 Å². The van der Waals surface area contributed by atoms with E-state index < -0.39 is 0 Å². The number of nitrogens with two attached hydrogens (primary N) is 2. The molecular formula is C45H53Cl6N11O3. The molecule has 20 heteroatoms. The molecule has 3 aromatic heterocycles. The minimum Gasteiger partial charge on any atom is -0.495 e. The predicted molar refractivity (Wildman–Crippen MR) is 268 cm³/mol. The zero-order valence-electron chi connectivity index (χ0n) is 36.2. The lowest BCUT2D eigenvalue weighted by Crippen LogP contribution is -2.22. The quantitative estimate of drug-likeness (QED) is 0.0678. The van der Waals surface area contributed by atoms with E-state index in [2.05, 4.69) is 45.9 Å². The number of ether oxygens (including phenoxy) is 3. The van der Waals surface area contributed by atoms with Crippen LogP contribution in [0.15, 0.2) is 91.8 Å². The van der Waals surface area contributed by atoms with Crippen molar-refractivity contribution >= 4 is 104 Å². The lowest BCUT2D eigenvalue weighted by molar-refractivity contribution is 0.415. The molecule has 0 aliphatic heterocycles. The number of nitrogen functional groups attached to an aromatic ring is 1. The van der Waals surface area contributed by atoms with E-state index in [-0.39, 0.29) is 0 Å². The van der Waals surface area contributed by atoms with Crippen LogP contribution in [0.2, 0.25) is 30.5 Å². The summed E-state index contributed by atoms with van der Waals surface area (Å²) in [7, 11) is 4.73. The fourth-order valence-electron chi connectivity index (χ4n) is 6.28. The van der Waals surface area contributed by atoms with Gasteiger partial charge in [-0.25, -0.2) is 29.9 Å². The Morgan fingerprint density at radius 3 is 1.31 bits per heavy atom. The molecule has 0 unspecified atom stereocenters. The van der Waals surface area contributed by atoms with Crippen molar-refractivity contribution in [2.45, 2.75) is 76.3 Å². The Labute approximate surface area is 410 Å². The molecule has 0 radical (unpaired) electrons. The minimum absolute atomic E-state index is 0.366. The average Bonchev–Trinajstić information content (AvgIpc) is 3.28. The number of benzene rings is 3. The van der Waals surface area contributed by atoms with Crippen molar-refractivity contribution in [2.75, 3.05) is 43.0 Å². The highest BCUT2D eigenvalue weighted by Crippen LogP contribution is 2.31. The Kier molecular flexibility index (Phi) is 23.5. The van der Waals surface area contributed by atoms with E-state index in [9.17, 15) is 0 Å². The van der Waals surface area contributed by atoms with Crippen LogP contribution in [0.5, 0.6) is 17.2 Å². The monoisotopic (exact) mass is 1010 g/mol. The summed E-state index contributed by atoms with van der Waals surface area (Å²) < 4.78 is 15.1. The number of methoxy groups -OCH3 is 3. The summed E-state index contributed by atoms with van der Waals surface area (Å²) in [5.41, 5.74) is 13.4. The standard InChI is InChI=1S/C17H21ClN4O.C11H9Cl2N3O.C7H8ClNO.C6H13N.C4H2Cl2N2/c1-23-15-8-7-13(9-14(15)18)22-17-10-16(19-11-20-17)21-12-5-3-2-4-6-12;1-17-9-3-2-7(4-8(9)12)16-11-5-10(13)14-6-15-11;1-10-7-3-2-5(9)4-6(7)8;7-6-4-2-1-3-5-6;5-3-1-4(6)8-2-7-3/h7-12H,2-6H2,1H3,(H2,19,20,21,22);2-6H,1H3,(H,14,15,16);2-4H,9H2,1H3;6H,1-5,7H2;1-2H. The van der Waals surface area contributed by atoms with Gasteiger partial charge in [0.2, 0.25) is 0 Å². The number of nitrogens with zero attached hydrogens (tertiary/aromatic N) is 6. The first-order valence-corrected chi connectivity index (χ1v) is 22.9. The van der Waals surface area contributed by atoms with Crippen molar-refractivity contribution in [3.63, 3.8) is 0 Å². The second kappa shape index (κ2) is 29.0. The largest absolute Gasteiger partial charge is 0.495 e. The fraction of sp³-hybridized carbons (Fsp3) is 0.333. The number of hydrogen-bond donors (Lipinski definition) is 5. The molecule has 3 aromatic carbocycles. The van der Waals surface area contributed by atoms with Crippen molar-refractivity contribution < 1.29 is 14.2 Å². The number of aromatic nitrogens is 6. The van der Waals surface area contributed by atoms with E-state index in [1.165, 1.54) is 82.9 Å². The highest BCUT2D eigenvalue weighted by atomic mass is 35.5. The molecule has 2 saturated carbocycles. The van der Waals surface area contributed by atoms with Crippen LogP contribution in [0.25, 0.3) is 0 Å². The lowest BCUT2D eigenvalue weighted by Gasteiger charge is -2.23. The van der Waals surface area contributed by atoms with Crippen molar-refractivity contribution in [3.05, 3.63) is 122 Å². The molecule has 0 amide bonds. The molecule has 3 heterocycles. The first-order chi connectivity index (χ1) is 31.3. The number of hydrogen-bond acceptors (Lipinski definition) is 14. The second-order valence-corrected chi connectivity index (χ2v) is 16.8. The third kappa shape index (κ3) is 20.1. The molecule has 8 rings (SSSR count). The first kappa shape index (κ1) is 52.8. The zero-order chi connectivity index (χ0) is 47.0. The Morgan fingerprint density at radius 1 is 0.477 bits per heavy atom. The average molecular weight is 1010 g/mol. The summed E-state index contributed by atoms with van der Waals surface area (Å²) in [5, 5.41) is 12.5. The molecule has 14 nitrogen and oxygen atoms in total. The van der Waals surface area contributed by atoms with Crippen LogP contribution in [0.4, 0.5) is 34.5 Å². The van der Waals surface area contributed by atoms with Gasteiger partial charge in [0.25, 0.3) is 0 Å². The van der Waals surface area contributed by atoms with Crippen LogP contribution in [-0.4, -0.2) is 63.3 Å². The Balaban J connectivity index is 0.000000192. The maximum atomic E-state index is 6.15. The molecule has 348 valence electrons.